The summed E-state index contributed by atoms with van der Waals surface area (Å²) in [4.78, 5) is 11.3. The van der Waals surface area contributed by atoms with E-state index in [0.717, 1.165) is 17.3 Å². The fourth-order valence-electron chi connectivity index (χ4n) is 1.78. The molecule has 0 aliphatic rings. The second-order valence-corrected chi connectivity index (χ2v) is 5.50. The number of allylic oxidation sites excluding steroid dienone is 2. The van der Waals surface area contributed by atoms with Crippen molar-refractivity contribution in [1.29, 1.82) is 0 Å². The van der Waals surface area contributed by atoms with Gasteiger partial charge in [-0.1, -0.05) is 47.1 Å². The Labute approximate surface area is 124 Å². The maximum Gasteiger partial charge on any atom is 0.306 e. The molecule has 0 heterocycles. The highest BCUT2D eigenvalue weighted by Gasteiger charge is 2.06. The zero-order valence-electron chi connectivity index (χ0n) is 11.6. The average molecular weight is 325 g/mol. The Morgan fingerprint density at radius 1 is 1.37 bits per heavy atom. The number of carbonyl (C=O) groups excluding carboxylic acids is 1. The average Bonchev–Trinajstić information content (AvgIpc) is 2.37. The maximum atomic E-state index is 11.3. The minimum absolute atomic E-state index is 0.118. The summed E-state index contributed by atoms with van der Waals surface area (Å²) in [5, 5.41) is 0. The first-order valence-corrected chi connectivity index (χ1v) is 7.47. The molecule has 0 amide bonds. The molecule has 0 radical (unpaired) electrons. The molecule has 1 aromatic rings. The van der Waals surface area contributed by atoms with Gasteiger partial charge in [0.15, 0.2) is 0 Å². The molecule has 0 saturated heterocycles. The van der Waals surface area contributed by atoms with E-state index in [1.165, 1.54) is 5.56 Å². The van der Waals surface area contributed by atoms with Crippen LogP contribution < -0.4 is 0 Å². The SMILES string of the molecule is CCOC(=O)CC(C)/C=C/CCc1ccc(Br)cc1. The number of carbonyl (C=O) groups is 1. The van der Waals surface area contributed by atoms with Crippen LogP contribution in [0.2, 0.25) is 0 Å². The lowest BCUT2D eigenvalue weighted by atomic mass is 10.1. The minimum Gasteiger partial charge on any atom is -0.466 e. The summed E-state index contributed by atoms with van der Waals surface area (Å²) < 4.78 is 6.03. The van der Waals surface area contributed by atoms with Crippen LogP contribution in [0.15, 0.2) is 40.9 Å². The third-order valence-electron chi connectivity index (χ3n) is 2.77. The Morgan fingerprint density at radius 2 is 2.05 bits per heavy atom. The largest absolute Gasteiger partial charge is 0.466 e. The van der Waals surface area contributed by atoms with Gasteiger partial charge in [-0.15, -0.1) is 0 Å². The normalized spacial score (nSPS) is 12.6. The Hall–Kier alpha value is -1.09. The summed E-state index contributed by atoms with van der Waals surface area (Å²) in [6.07, 6.45) is 6.72. The van der Waals surface area contributed by atoms with Crippen LogP contribution in [0.25, 0.3) is 0 Å². The number of ether oxygens (including phenoxy) is 1. The van der Waals surface area contributed by atoms with Crippen molar-refractivity contribution < 1.29 is 9.53 Å². The van der Waals surface area contributed by atoms with Gasteiger partial charge < -0.3 is 4.74 Å². The highest BCUT2D eigenvalue weighted by molar-refractivity contribution is 9.10. The fraction of sp³-hybridized carbons (Fsp3) is 0.438. The molecule has 1 aromatic carbocycles. The van der Waals surface area contributed by atoms with Crippen LogP contribution in [0.3, 0.4) is 0 Å². The van der Waals surface area contributed by atoms with E-state index >= 15 is 0 Å². The molecule has 0 aromatic heterocycles. The fourth-order valence-corrected chi connectivity index (χ4v) is 2.04. The van der Waals surface area contributed by atoms with Crippen molar-refractivity contribution in [2.24, 2.45) is 5.92 Å². The third kappa shape index (κ3) is 7.16. The summed E-state index contributed by atoms with van der Waals surface area (Å²) in [7, 11) is 0. The molecule has 0 saturated carbocycles. The van der Waals surface area contributed by atoms with E-state index in [9.17, 15) is 4.79 Å². The number of hydrogen-bond acceptors (Lipinski definition) is 2. The quantitative estimate of drug-likeness (QED) is 0.544. The molecule has 104 valence electrons. The molecule has 0 N–H and O–H groups in total. The van der Waals surface area contributed by atoms with E-state index in [4.69, 9.17) is 4.74 Å². The zero-order valence-corrected chi connectivity index (χ0v) is 13.2. The summed E-state index contributed by atoms with van der Waals surface area (Å²) in [6.45, 7) is 4.32. The maximum absolute atomic E-state index is 11.3. The Bertz CT molecular complexity index is 409. The Kier molecular flexibility index (Phi) is 7.49. The van der Waals surface area contributed by atoms with Gasteiger partial charge in [0.2, 0.25) is 0 Å². The number of esters is 1. The minimum atomic E-state index is -0.118. The smallest absolute Gasteiger partial charge is 0.306 e. The van der Waals surface area contributed by atoms with Gasteiger partial charge in [-0.25, -0.2) is 0 Å². The summed E-state index contributed by atoms with van der Waals surface area (Å²) in [5.74, 6) is 0.122. The van der Waals surface area contributed by atoms with Crippen LogP contribution >= 0.6 is 15.9 Å². The predicted molar refractivity (Wildman–Crippen MR) is 82.0 cm³/mol. The van der Waals surface area contributed by atoms with Crippen molar-refractivity contribution in [1.82, 2.24) is 0 Å². The van der Waals surface area contributed by atoms with E-state index in [2.05, 4.69) is 52.3 Å². The van der Waals surface area contributed by atoms with Crippen molar-refractivity contribution in [3.63, 3.8) is 0 Å². The molecule has 0 fully saturated rings. The van der Waals surface area contributed by atoms with Gasteiger partial charge in [0.05, 0.1) is 13.0 Å². The van der Waals surface area contributed by atoms with Gasteiger partial charge in [0.25, 0.3) is 0 Å². The monoisotopic (exact) mass is 324 g/mol. The van der Waals surface area contributed by atoms with Gasteiger partial charge in [0.1, 0.15) is 0 Å². The second kappa shape index (κ2) is 8.92. The van der Waals surface area contributed by atoms with Gasteiger partial charge in [-0.2, -0.15) is 0 Å². The topological polar surface area (TPSA) is 26.3 Å². The van der Waals surface area contributed by atoms with Crippen molar-refractivity contribution in [2.75, 3.05) is 6.61 Å². The molecule has 0 aliphatic heterocycles. The standard InChI is InChI=1S/C16H21BrO2/c1-3-19-16(18)12-13(2)6-4-5-7-14-8-10-15(17)11-9-14/h4,6,8-11,13H,3,5,7,12H2,1-2H3/b6-4+. The summed E-state index contributed by atoms with van der Waals surface area (Å²) >= 11 is 3.42. The van der Waals surface area contributed by atoms with Crippen molar-refractivity contribution in [3.8, 4) is 0 Å². The van der Waals surface area contributed by atoms with Crippen LogP contribution in [0.5, 0.6) is 0 Å². The van der Waals surface area contributed by atoms with E-state index in [-0.39, 0.29) is 11.9 Å². The van der Waals surface area contributed by atoms with E-state index in [1.54, 1.807) is 0 Å². The van der Waals surface area contributed by atoms with Crippen molar-refractivity contribution in [2.45, 2.75) is 33.1 Å². The highest BCUT2D eigenvalue weighted by Crippen LogP contribution is 2.12. The first kappa shape index (κ1) is 16.0. The van der Waals surface area contributed by atoms with Crippen LogP contribution in [-0.4, -0.2) is 12.6 Å². The molecule has 0 spiro atoms. The molecule has 1 atom stereocenters. The highest BCUT2D eigenvalue weighted by atomic mass is 79.9. The molecular weight excluding hydrogens is 304 g/mol. The molecule has 2 nitrogen and oxygen atoms in total. The zero-order chi connectivity index (χ0) is 14.1. The van der Waals surface area contributed by atoms with Crippen LogP contribution in [0.1, 0.15) is 32.3 Å². The lowest BCUT2D eigenvalue weighted by Gasteiger charge is -2.05. The van der Waals surface area contributed by atoms with E-state index < -0.39 is 0 Å². The van der Waals surface area contributed by atoms with Crippen molar-refractivity contribution >= 4 is 21.9 Å². The van der Waals surface area contributed by atoms with Gasteiger partial charge in [-0.3, -0.25) is 4.79 Å². The summed E-state index contributed by atoms with van der Waals surface area (Å²) in [5.41, 5.74) is 1.32. The third-order valence-corrected chi connectivity index (χ3v) is 3.30. The predicted octanol–water partition coefficient (Wildman–Crippen LogP) is 4.53. The molecule has 1 rings (SSSR count). The lowest BCUT2D eigenvalue weighted by molar-refractivity contribution is -0.143. The first-order chi connectivity index (χ1) is 9.11. The number of benzene rings is 1. The molecule has 3 heteroatoms. The molecule has 0 bridgehead atoms. The number of hydrogen-bond donors (Lipinski definition) is 0. The number of rotatable bonds is 7. The van der Waals surface area contributed by atoms with Crippen LogP contribution in [0, 0.1) is 5.92 Å². The second-order valence-electron chi connectivity index (χ2n) is 4.58. The van der Waals surface area contributed by atoms with Gasteiger partial charge in [0, 0.05) is 4.47 Å². The summed E-state index contributed by atoms with van der Waals surface area (Å²) in [6, 6.07) is 8.37. The van der Waals surface area contributed by atoms with Crippen LogP contribution in [0.4, 0.5) is 0 Å². The number of aryl methyl sites for hydroxylation is 1. The Morgan fingerprint density at radius 3 is 2.68 bits per heavy atom. The molecule has 19 heavy (non-hydrogen) atoms. The van der Waals surface area contributed by atoms with Gasteiger partial charge >= 0.3 is 5.97 Å². The van der Waals surface area contributed by atoms with E-state index in [1.807, 2.05) is 13.8 Å². The van der Waals surface area contributed by atoms with Crippen molar-refractivity contribution in [3.05, 3.63) is 46.5 Å². The first-order valence-electron chi connectivity index (χ1n) is 6.68. The molecular formula is C16H21BrO2. The number of halogens is 1. The van der Waals surface area contributed by atoms with E-state index in [0.29, 0.717) is 13.0 Å². The molecule has 1 unspecified atom stereocenters. The Balaban J connectivity index is 2.26. The van der Waals surface area contributed by atoms with Crippen LogP contribution in [-0.2, 0) is 16.0 Å². The van der Waals surface area contributed by atoms with Gasteiger partial charge in [-0.05, 0) is 43.4 Å². The lowest BCUT2D eigenvalue weighted by Crippen LogP contribution is -2.07. The molecule has 0 aliphatic carbocycles.